The number of aromatic nitrogens is 1. The molecule has 0 atom stereocenters. The first-order valence-corrected chi connectivity index (χ1v) is 3.91. The Labute approximate surface area is 89.7 Å². The van der Waals surface area contributed by atoms with Gasteiger partial charge in [-0.3, -0.25) is 4.98 Å². The zero-order valence-corrected chi connectivity index (χ0v) is 7.73. The predicted molar refractivity (Wildman–Crippen MR) is 41.2 cm³/mol. The van der Waals surface area contributed by atoms with E-state index in [2.05, 4.69) is 4.98 Å². The van der Waals surface area contributed by atoms with Gasteiger partial charge in [-0.1, -0.05) is 0 Å². The molecule has 0 saturated carbocycles. The Hall–Kier alpha value is -1.80. The Balaban J connectivity index is 3.43. The molecule has 0 saturated heterocycles. The molecule has 1 aromatic rings. The molecule has 0 spiro atoms. The lowest BCUT2D eigenvalue weighted by atomic mass is 10.1. The summed E-state index contributed by atoms with van der Waals surface area (Å²) in [5.41, 5.74) is -4.90. The average Bonchev–Trinajstić information content (AvgIpc) is 2.14. The van der Waals surface area contributed by atoms with Crippen LogP contribution in [0, 0.1) is 0 Å². The molecule has 0 unspecified atom stereocenters. The lowest BCUT2D eigenvalue weighted by molar-refractivity contribution is -0.144. The van der Waals surface area contributed by atoms with Gasteiger partial charge in [-0.2, -0.15) is 26.3 Å². The van der Waals surface area contributed by atoms with Crippen molar-refractivity contribution in [1.29, 1.82) is 0 Å². The highest BCUT2D eigenvalue weighted by atomic mass is 19.4. The number of carboxylic acid groups (broad SMARTS) is 1. The van der Waals surface area contributed by atoms with E-state index in [0.717, 1.165) is 0 Å². The van der Waals surface area contributed by atoms with Crippen LogP contribution < -0.4 is 0 Å². The molecule has 0 aliphatic rings. The van der Waals surface area contributed by atoms with Gasteiger partial charge in [0.25, 0.3) is 0 Å². The summed E-state index contributed by atoms with van der Waals surface area (Å²) in [6.07, 6.45) is -10.2. The molecule has 0 bridgehead atoms. The maximum absolute atomic E-state index is 12.3. The molecule has 0 fully saturated rings. The van der Waals surface area contributed by atoms with Crippen LogP contribution in [0.5, 0.6) is 0 Å². The Morgan fingerprint density at radius 3 is 2.00 bits per heavy atom. The quantitative estimate of drug-likeness (QED) is 0.789. The van der Waals surface area contributed by atoms with Gasteiger partial charge in [0.2, 0.25) is 0 Å². The second kappa shape index (κ2) is 3.90. The molecule has 1 N–H and O–H groups in total. The molecule has 17 heavy (non-hydrogen) atoms. The second-order valence-corrected chi connectivity index (χ2v) is 2.92. The van der Waals surface area contributed by atoms with Gasteiger partial charge in [0, 0.05) is 6.20 Å². The number of hydrogen-bond donors (Lipinski definition) is 1. The molecule has 1 rings (SSSR count). The van der Waals surface area contributed by atoms with Gasteiger partial charge in [0.1, 0.15) is 5.69 Å². The first-order valence-electron chi connectivity index (χ1n) is 3.91. The number of halogens is 6. The van der Waals surface area contributed by atoms with Crippen molar-refractivity contribution in [3.8, 4) is 0 Å². The molecule has 0 aromatic carbocycles. The monoisotopic (exact) mass is 259 g/mol. The maximum atomic E-state index is 12.3. The molecule has 94 valence electrons. The normalized spacial score (nSPS) is 12.6. The van der Waals surface area contributed by atoms with Gasteiger partial charge in [-0.25, -0.2) is 4.79 Å². The third-order valence-electron chi connectivity index (χ3n) is 1.73. The van der Waals surface area contributed by atoms with E-state index in [1.54, 1.807) is 0 Å². The topological polar surface area (TPSA) is 50.2 Å². The number of pyridine rings is 1. The zero-order valence-electron chi connectivity index (χ0n) is 7.73. The minimum atomic E-state index is -5.08. The molecule has 0 radical (unpaired) electrons. The van der Waals surface area contributed by atoms with E-state index in [0.29, 0.717) is 0 Å². The van der Waals surface area contributed by atoms with Crippen molar-refractivity contribution in [3.63, 3.8) is 0 Å². The lowest BCUT2D eigenvalue weighted by Crippen LogP contribution is -2.17. The number of nitrogens with zero attached hydrogens (tertiary/aromatic N) is 1. The summed E-state index contributed by atoms with van der Waals surface area (Å²) in [5.74, 6) is -2.11. The Morgan fingerprint density at radius 1 is 1.12 bits per heavy atom. The molecule has 1 heterocycles. The lowest BCUT2D eigenvalue weighted by Gasteiger charge is -2.12. The Kier molecular flexibility index (Phi) is 3.04. The summed E-state index contributed by atoms with van der Waals surface area (Å²) >= 11 is 0. The standard InChI is InChI=1S/C8H3F6NO2/c9-7(10,11)4-2-15-5(8(12,13)14)1-3(4)6(16)17/h1-2H,(H,16,17). The third-order valence-corrected chi connectivity index (χ3v) is 1.73. The molecular formula is C8H3F6NO2. The van der Waals surface area contributed by atoms with Crippen molar-refractivity contribution in [3.05, 3.63) is 29.1 Å². The fraction of sp³-hybridized carbons (Fsp3) is 0.250. The van der Waals surface area contributed by atoms with Crippen molar-refractivity contribution < 1.29 is 36.2 Å². The summed E-state index contributed by atoms with van der Waals surface area (Å²) < 4.78 is 73.1. The van der Waals surface area contributed by atoms with Crippen molar-refractivity contribution in [2.24, 2.45) is 0 Å². The SMILES string of the molecule is O=C(O)c1cc(C(F)(F)F)ncc1C(F)(F)F. The molecule has 0 amide bonds. The van der Waals surface area contributed by atoms with E-state index >= 15 is 0 Å². The van der Waals surface area contributed by atoms with Crippen molar-refractivity contribution in [2.45, 2.75) is 12.4 Å². The molecular weight excluding hydrogens is 256 g/mol. The molecule has 0 aliphatic heterocycles. The van der Waals surface area contributed by atoms with Crippen molar-refractivity contribution >= 4 is 5.97 Å². The van der Waals surface area contributed by atoms with Gasteiger partial charge in [0.05, 0.1) is 11.1 Å². The predicted octanol–water partition coefficient (Wildman–Crippen LogP) is 2.82. The highest BCUT2D eigenvalue weighted by molar-refractivity contribution is 5.89. The summed E-state index contributed by atoms with van der Waals surface area (Å²) in [4.78, 5) is 13.0. The van der Waals surface area contributed by atoms with Gasteiger partial charge < -0.3 is 5.11 Å². The van der Waals surface area contributed by atoms with Crippen LogP contribution >= 0.6 is 0 Å². The minimum Gasteiger partial charge on any atom is -0.478 e. The number of hydrogen-bond acceptors (Lipinski definition) is 2. The average molecular weight is 259 g/mol. The number of rotatable bonds is 1. The van der Waals surface area contributed by atoms with E-state index < -0.39 is 35.1 Å². The Morgan fingerprint density at radius 2 is 1.65 bits per heavy atom. The van der Waals surface area contributed by atoms with Crippen molar-refractivity contribution in [1.82, 2.24) is 4.98 Å². The van der Waals surface area contributed by atoms with Crippen LogP contribution in [-0.4, -0.2) is 16.1 Å². The third kappa shape index (κ3) is 2.86. The van der Waals surface area contributed by atoms with E-state index in [9.17, 15) is 31.1 Å². The van der Waals surface area contributed by atoms with Crippen LogP contribution in [0.25, 0.3) is 0 Å². The maximum Gasteiger partial charge on any atom is 0.433 e. The zero-order chi connectivity index (χ0) is 13.4. The highest BCUT2D eigenvalue weighted by Crippen LogP contribution is 2.34. The van der Waals surface area contributed by atoms with Crippen LogP contribution in [0.2, 0.25) is 0 Å². The first-order chi connectivity index (χ1) is 7.53. The van der Waals surface area contributed by atoms with E-state index in [1.807, 2.05) is 0 Å². The summed E-state index contributed by atoms with van der Waals surface area (Å²) in [6.45, 7) is 0. The number of carbonyl (C=O) groups is 1. The fourth-order valence-corrected chi connectivity index (χ4v) is 1.01. The number of aromatic carboxylic acids is 1. The van der Waals surface area contributed by atoms with Crippen molar-refractivity contribution in [2.75, 3.05) is 0 Å². The van der Waals surface area contributed by atoms with E-state index in [-0.39, 0.29) is 12.3 Å². The van der Waals surface area contributed by atoms with Crippen LogP contribution in [-0.2, 0) is 12.4 Å². The van der Waals surface area contributed by atoms with Gasteiger partial charge in [0.15, 0.2) is 0 Å². The minimum absolute atomic E-state index is 0.147. The van der Waals surface area contributed by atoms with E-state index in [4.69, 9.17) is 5.11 Å². The van der Waals surface area contributed by atoms with Gasteiger partial charge in [-0.15, -0.1) is 0 Å². The molecule has 1 aromatic heterocycles. The number of alkyl halides is 6. The second-order valence-electron chi connectivity index (χ2n) is 2.92. The van der Waals surface area contributed by atoms with Crippen LogP contribution in [0.15, 0.2) is 12.3 Å². The van der Waals surface area contributed by atoms with Crippen LogP contribution in [0.3, 0.4) is 0 Å². The molecule has 3 nitrogen and oxygen atoms in total. The molecule has 9 heteroatoms. The van der Waals surface area contributed by atoms with Gasteiger partial charge in [-0.05, 0) is 6.07 Å². The fourth-order valence-electron chi connectivity index (χ4n) is 1.01. The summed E-state index contributed by atoms with van der Waals surface area (Å²) in [7, 11) is 0. The Bertz CT molecular complexity index is 450. The van der Waals surface area contributed by atoms with E-state index in [1.165, 1.54) is 0 Å². The smallest absolute Gasteiger partial charge is 0.433 e. The number of carboxylic acids is 1. The van der Waals surface area contributed by atoms with Crippen LogP contribution in [0.4, 0.5) is 26.3 Å². The van der Waals surface area contributed by atoms with Gasteiger partial charge >= 0.3 is 18.3 Å². The first kappa shape index (κ1) is 13.3. The molecule has 0 aliphatic carbocycles. The summed E-state index contributed by atoms with van der Waals surface area (Å²) in [5, 5.41) is 8.42. The van der Waals surface area contributed by atoms with Crippen LogP contribution in [0.1, 0.15) is 21.6 Å². The highest BCUT2D eigenvalue weighted by Gasteiger charge is 2.39. The summed E-state index contributed by atoms with van der Waals surface area (Å²) in [6, 6.07) is -0.148. The largest absolute Gasteiger partial charge is 0.478 e.